The van der Waals surface area contributed by atoms with E-state index in [4.69, 9.17) is 4.74 Å². The van der Waals surface area contributed by atoms with Crippen molar-refractivity contribution in [3.05, 3.63) is 65.7 Å². The van der Waals surface area contributed by atoms with Crippen molar-refractivity contribution in [3.63, 3.8) is 0 Å². The van der Waals surface area contributed by atoms with Crippen molar-refractivity contribution in [3.8, 4) is 6.07 Å². The summed E-state index contributed by atoms with van der Waals surface area (Å²) in [5, 5.41) is 12.3. The van der Waals surface area contributed by atoms with Crippen LogP contribution in [0.25, 0.3) is 0 Å². The van der Waals surface area contributed by atoms with Crippen molar-refractivity contribution in [2.24, 2.45) is 0 Å². The Labute approximate surface area is 188 Å². The van der Waals surface area contributed by atoms with Crippen molar-refractivity contribution < 1.29 is 19.1 Å². The number of hydrogen-bond acceptors (Lipinski definition) is 5. The second kappa shape index (κ2) is 10.1. The highest BCUT2D eigenvalue weighted by molar-refractivity contribution is 6.12. The first-order chi connectivity index (χ1) is 15.4. The number of para-hydroxylation sites is 1. The lowest BCUT2D eigenvalue weighted by atomic mass is 9.83. The number of nitrogens with zero attached hydrogens (tertiary/aromatic N) is 2. The Bertz CT molecular complexity index is 1020. The lowest BCUT2D eigenvalue weighted by Gasteiger charge is -2.32. The zero-order valence-corrected chi connectivity index (χ0v) is 18.3. The third-order valence-electron chi connectivity index (χ3n) is 5.76. The maximum absolute atomic E-state index is 13.0. The second-order valence-corrected chi connectivity index (χ2v) is 8.04. The van der Waals surface area contributed by atoms with Crippen molar-refractivity contribution in [1.29, 1.82) is 5.26 Å². The normalized spacial score (nSPS) is 15.7. The molecule has 0 bridgehead atoms. The first kappa shape index (κ1) is 23.0. The first-order valence-electron chi connectivity index (χ1n) is 10.7. The summed E-state index contributed by atoms with van der Waals surface area (Å²) in [6, 6.07) is 17.6. The minimum absolute atomic E-state index is 0.0765. The zero-order chi connectivity index (χ0) is 23.1. The van der Waals surface area contributed by atoms with Crippen molar-refractivity contribution in [2.45, 2.75) is 50.7 Å². The van der Waals surface area contributed by atoms with Gasteiger partial charge in [-0.05, 0) is 44.0 Å². The van der Waals surface area contributed by atoms with Gasteiger partial charge in [0.1, 0.15) is 5.54 Å². The van der Waals surface area contributed by atoms with Gasteiger partial charge in [-0.25, -0.2) is 4.79 Å². The van der Waals surface area contributed by atoms with Gasteiger partial charge < -0.3 is 15.0 Å². The molecule has 0 saturated heterocycles. The molecular formula is C25H27N3O4. The van der Waals surface area contributed by atoms with Gasteiger partial charge in [0.2, 0.25) is 0 Å². The van der Waals surface area contributed by atoms with Crippen LogP contribution in [0.2, 0.25) is 0 Å². The minimum atomic E-state index is -1.11. The third kappa shape index (κ3) is 5.14. The van der Waals surface area contributed by atoms with Gasteiger partial charge in [-0.3, -0.25) is 9.59 Å². The van der Waals surface area contributed by atoms with E-state index >= 15 is 0 Å². The number of carbonyl (C=O) groups is 3. The molecule has 1 unspecified atom stereocenters. The lowest BCUT2D eigenvalue weighted by molar-refractivity contribution is -0.130. The standard InChI is InChI=1S/C25H27N3O4/c1-18(22(29)27-25(17-26)15-9-4-10-16-25)32-24(31)21-14-8-7-13-20(21)23(30)28(2)19-11-5-3-6-12-19/h3,5-8,11-14,18H,4,9-10,15-16H2,1-2H3,(H,27,29). The number of benzene rings is 2. The van der Waals surface area contributed by atoms with E-state index in [0.717, 1.165) is 19.3 Å². The molecule has 0 aromatic heterocycles. The highest BCUT2D eigenvalue weighted by atomic mass is 16.5. The van der Waals surface area contributed by atoms with Crippen LogP contribution >= 0.6 is 0 Å². The summed E-state index contributed by atoms with van der Waals surface area (Å²) < 4.78 is 5.37. The van der Waals surface area contributed by atoms with E-state index in [0.29, 0.717) is 18.5 Å². The molecule has 1 N–H and O–H groups in total. The predicted octanol–water partition coefficient (Wildman–Crippen LogP) is 3.85. The maximum Gasteiger partial charge on any atom is 0.339 e. The average molecular weight is 434 g/mol. The van der Waals surface area contributed by atoms with Gasteiger partial charge in [-0.2, -0.15) is 5.26 Å². The summed E-state index contributed by atoms with van der Waals surface area (Å²) in [4.78, 5) is 40.0. The van der Waals surface area contributed by atoms with Crippen LogP contribution in [-0.4, -0.2) is 36.5 Å². The van der Waals surface area contributed by atoms with Gasteiger partial charge in [0.05, 0.1) is 17.2 Å². The molecule has 3 rings (SSSR count). The van der Waals surface area contributed by atoms with Crippen LogP contribution in [0.4, 0.5) is 5.69 Å². The molecule has 7 nitrogen and oxygen atoms in total. The Morgan fingerprint density at radius 3 is 2.22 bits per heavy atom. The fraction of sp³-hybridized carbons (Fsp3) is 0.360. The molecule has 0 radical (unpaired) electrons. The van der Waals surface area contributed by atoms with Crippen LogP contribution in [0.5, 0.6) is 0 Å². The fourth-order valence-electron chi connectivity index (χ4n) is 3.83. The second-order valence-electron chi connectivity index (χ2n) is 8.04. The van der Waals surface area contributed by atoms with Crippen molar-refractivity contribution in [2.75, 3.05) is 11.9 Å². The largest absolute Gasteiger partial charge is 0.449 e. The highest BCUT2D eigenvalue weighted by Crippen LogP contribution is 2.27. The summed E-state index contributed by atoms with van der Waals surface area (Å²) in [6.07, 6.45) is 2.83. The van der Waals surface area contributed by atoms with Crippen LogP contribution in [0, 0.1) is 11.3 Å². The van der Waals surface area contributed by atoms with Gasteiger partial charge in [-0.1, -0.05) is 49.6 Å². The predicted molar refractivity (Wildman–Crippen MR) is 120 cm³/mol. The lowest BCUT2D eigenvalue weighted by Crippen LogP contribution is -2.52. The van der Waals surface area contributed by atoms with E-state index in [9.17, 15) is 19.6 Å². The van der Waals surface area contributed by atoms with Gasteiger partial charge >= 0.3 is 5.97 Å². The molecule has 32 heavy (non-hydrogen) atoms. The number of nitriles is 1. The molecule has 166 valence electrons. The van der Waals surface area contributed by atoms with E-state index in [-0.39, 0.29) is 17.0 Å². The molecule has 1 saturated carbocycles. The van der Waals surface area contributed by atoms with Crippen LogP contribution in [0.1, 0.15) is 59.7 Å². The molecule has 0 heterocycles. The summed E-state index contributed by atoms with van der Waals surface area (Å²) in [5.41, 5.74) is 0.0231. The maximum atomic E-state index is 13.0. The van der Waals surface area contributed by atoms with Crippen molar-refractivity contribution >= 4 is 23.5 Å². The molecule has 1 fully saturated rings. The number of hydrogen-bond donors (Lipinski definition) is 1. The van der Waals surface area contributed by atoms with Gasteiger partial charge in [-0.15, -0.1) is 0 Å². The summed E-state index contributed by atoms with van der Waals surface area (Å²) in [7, 11) is 1.63. The number of esters is 1. The fourth-order valence-corrected chi connectivity index (χ4v) is 3.83. The van der Waals surface area contributed by atoms with Gasteiger partial charge in [0.25, 0.3) is 11.8 Å². The molecule has 2 aromatic rings. The Hall–Kier alpha value is -3.66. The van der Waals surface area contributed by atoms with Crippen LogP contribution in [-0.2, 0) is 9.53 Å². The highest BCUT2D eigenvalue weighted by Gasteiger charge is 2.35. The van der Waals surface area contributed by atoms with Gasteiger partial charge in [0, 0.05) is 12.7 Å². The minimum Gasteiger partial charge on any atom is -0.449 e. The van der Waals surface area contributed by atoms with E-state index in [1.54, 1.807) is 37.4 Å². The average Bonchev–Trinajstić information content (AvgIpc) is 2.84. The van der Waals surface area contributed by atoms with Crippen LogP contribution < -0.4 is 10.2 Å². The zero-order valence-electron chi connectivity index (χ0n) is 18.3. The number of carbonyl (C=O) groups excluding carboxylic acids is 3. The van der Waals surface area contributed by atoms with E-state index in [2.05, 4.69) is 11.4 Å². The Kier molecular flexibility index (Phi) is 7.26. The number of anilines is 1. The SMILES string of the molecule is CC(OC(=O)c1ccccc1C(=O)N(C)c1ccccc1)C(=O)NC1(C#N)CCCCC1. The molecule has 1 aliphatic carbocycles. The first-order valence-corrected chi connectivity index (χ1v) is 10.7. The van der Waals surface area contributed by atoms with Crippen molar-refractivity contribution in [1.82, 2.24) is 5.32 Å². The quantitative estimate of drug-likeness (QED) is 0.698. The van der Waals surface area contributed by atoms with E-state index in [1.165, 1.54) is 17.9 Å². The molecule has 2 amide bonds. The monoisotopic (exact) mass is 433 g/mol. The van der Waals surface area contributed by atoms with Crippen LogP contribution in [0.15, 0.2) is 54.6 Å². The topological polar surface area (TPSA) is 99.5 Å². The van der Waals surface area contributed by atoms with Crippen LogP contribution in [0.3, 0.4) is 0 Å². The summed E-state index contributed by atoms with van der Waals surface area (Å²) in [6.45, 7) is 1.46. The number of rotatable bonds is 6. The molecule has 0 spiro atoms. The smallest absolute Gasteiger partial charge is 0.339 e. The van der Waals surface area contributed by atoms with E-state index < -0.39 is 23.5 Å². The third-order valence-corrected chi connectivity index (χ3v) is 5.76. The molecule has 0 aliphatic heterocycles. The number of ether oxygens (including phenoxy) is 1. The summed E-state index contributed by atoms with van der Waals surface area (Å²) >= 11 is 0. The molecule has 7 heteroatoms. The molecule has 1 atom stereocenters. The Morgan fingerprint density at radius 1 is 1.00 bits per heavy atom. The number of amides is 2. The van der Waals surface area contributed by atoms with Gasteiger partial charge in [0.15, 0.2) is 6.10 Å². The van der Waals surface area contributed by atoms with E-state index in [1.807, 2.05) is 18.2 Å². The summed E-state index contributed by atoms with van der Waals surface area (Å²) in [5.74, 6) is -1.66. The Morgan fingerprint density at radius 2 is 1.59 bits per heavy atom. The Balaban J connectivity index is 1.72. The number of nitrogens with one attached hydrogen (secondary N) is 1. The molecule has 2 aromatic carbocycles. The molecular weight excluding hydrogens is 406 g/mol. The molecule has 1 aliphatic rings.